The van der Waals surface area contributed by atoms with Gasteiger partial charge in [-0.1, -0.05) is 23.2 Å². The topological polar surface area (TPSA) is 44.5 Å². The average Bonchev–Trinajstić information content (AvgIpc) is 2.96. The highest BCUT2D eigenvalue weighted by molar-refractivity contribution is 6.32. The first-order chi connectivity index (χ1) is 12.0. The third-order valence-corrected chi connectivity index (χ3v) is 3.91. The molecule has 130 valence electrons. The van der Waals surface area contributed by atoms with Crippen LogP contribution in [0, 0.1) is 0 Å². The van der Waals surface area contributed by atoms with E-state index in [-0.39, 0.29) is 6.10 Å². The van der Waals surface area contributed by atoms with Gasteiger partial charge >= 0.3 is 0 Å². The van der Waals surface area contributed by atoms with Crippen LogP contribution >= 0.6 is 23.2 Å². The minimum absolute atomic E-state index is 0.000588. The lowest BCUT2D eigenvalue weighted by Gasteiger charge is -2.15. The standard InChI is InChI=1S/C19H17Cl2NO3/c1-11(2)24-19-14(21)8-12(9-17(19)23-3)4-7-18-22-15-10-13(20)5-6-16(15)25-18/h4-11H,1-3H3/b7-4+. The van der Waals surface area contributed by atoms with Crippen LogP contribution in [0.25, 0.3) is 23.3 Å². The second kappa shape index (κ2) is 7.38. The summed E-state index contributed by atoms with van der Waals surface area (Å²) in [6.45, 7) is 3.87. The fourth-order valence-corrected chi connectivity index (χ4v) is 2.77. The summed E-state index contributed by atoms with van der Waals surface area (Å²) in [5.41, 5.74) is 2.24. The molecule has 1 heterocycles. The van der Waals surface area contributed by atoms with Crippen LogP contribution in [-0.2, 0) is 0 Å². The van der Waals surface area contributed by atoms with E-state index in [2.05, 4.69) is 4.98 Å². The molecule has 4 nitrogen and oxygen atoms in total. The maximum Gasteiger partial charge on any atom is 0.220 e. The van der Waals surface area contributed by atoms with E-state index in [1.54, 1.807) is 37.5 Å². The Balaban J connectivity index is 1.90. The molecule has 3 aromatic rings. The Morgan fingerprint density at radius 2 is 1.92 bits per heavy atom. The van der Waals surface area contributed by atoms with Gasteiger partial charge in [-0.25, -0.2) is 4.98 Å². The summed E-state index contributed by atoms with van der Waals surface area (Å²) >= 11 is 12.3. The zero-order valence-corrected chi connectivity index (χ0v) is 15.6. The Kier molecular flexibility index (Phi) is 5.21. The molecule has 0 spiro atoms. The van der Waals surface area contributed by atoms with Crippen molar-refractivity contribution in [2.45, 2.75) is 20.0 Å². The first-order valence-corrected chi connectivity index (χ1v) is 8.50. The SMILES string of the molecule is COc1cc(/C=C/c2nc3cc(Cl)ccc3o2)cc(Cl)c1OC(C)C. The molecule has 0 aliphatic rings. The van der Waals surface area contributed by atoms with Crippen molar-refractivity contribution in [1.29, 1.82) is 0 Å². The van der Waals surface area contributed by atoms with E-state index < -0.39 is 0 Å². The molecule has 3 rings (SSSR count). The maximum absolute atomic E-state index is 6.33. The van der Waals surface area contributed by atoms with Gasteiger partial charge in [0.15, 0.2) is 17.1 Å². The highest BCUT2D eigenvalue weighted by Gasteiger charge is 2.13. The normalized spacial score (nSPS) is 11.6. The fraction of sp³-hybridized carbons (Fsp3) is 0.211. The number of halogens is 2. The van der Waals surface area contributed by atoms with E-state index in [9.17, 15) is 0 Å². The molecule has 0 aliphatic carbocycles. The minimum Gasteiger partial charge on any atom is -0.493 e. The highest BCUT2D eigenvalue weighted by atomic mass is 35.5. The molecule has 2 aromatic carbocycles. The summed E-state index contributed by atoms with van der Waals surface area (Å²) in [6, 6.07) is 8.97. The molecule has 0 amide bonds. The van der Waals surface area contributed by atoms with Gasteiger partial charge in [-0.05, 0) is 55.8 Å². The molecule has 25 heavy (non-hydrogen) atoms. The van der Waals surface area contributed by atoms with Gasteiger partial charge in [0.2, 0.25) is 5.89 Å². The largest absolute Gasteiger partial charge is 0.493 e. The van der Waals surface area contributed by atoms with Crippen molar-refractivity contribution in [3.05, 3.63) is 51.8 Å². The first kappa shape index (κ1) is 17.6. The second-order valence-electron chi connectivity index (χ2n) is 5.70. The maximum atomic E-state index is 6.33. The lowest BCUT2D eigenvalue weighted by atomic mass is 10.2. The number of oxazole rings is 1. The van der Waals surface area contributed by atoms with E-state index in [1.807, 2.05) is 26.0 Å². The number of benzene rings is 2. The molecule has 0 fully saturated rings. The molecule has 0 bridgehead atoms. The average molecular weight is 378 g/mol. The van der Waals surface area contributed by atoms with Crippen LogP contribution in [-0.4, -0.2) is 18.2 Å². The van der Waals surface area contributed by atoms with Crippen LogP contribution in [0.15, 0.2) is 34.7 Å². The molecule has 1 aromatic heterocycles. The number of methoxy groups -OCH3 is 1. The number of fused-ring (bicyclic) bond motifs is 1. The predicted molar refractivity (Wildman–Crippen MR) is 102 cm³/mol. The Morgan fingerprint density at radius 1 is 1.12 bits per heavy atom. The number of ether oxygens (including phenoxy) is 2. The van der Waals surface area contributed by atoms with Crippen molar-refractivity contribution in [1.82, 2.24) is 4.98 Å². The van der Waals surface area contributed by atoms with Crippen molar-refractivity contribution >= 4 is 46.5 Å². The summed E-state index contributed by atoms with van der Waals surface area (Å²) in [7, 11) is 1.58. The van der Waals surface area contributed by atoms with Crippen LogP contribution in [0.5, 0.6) is 11.5 Å². The Bertz CT molecular complexity index is 932. The summed E-state index contributed by atoms with van der Waals surface area (Å²) < 4.78 is 16.8. The molecule has 0 aliphatic heterocycles. The molecule has 0 saturated heterocycles. The molecule has 6 heteroatoms. The van der Waals surface area contributed by atoms with Gasteiger partial charge in [0.25, 0.3) is 0 Å². The summed E-state index contributed by atoms with van der Waals surface area (Å²) in [5.74, 6) is 1.59. The molecule has 0 N–H and O–H groups in total. The van der Waals surface area contributed by atoms with Crippen LogP contribution in [0.4, 0.5) is 0 Å². The van der Waals surface area contributed by atoms with Crippen molar-refractivity contribution in [3.63, 3.8) is 0 Å². The Morgan fingerprint density at radius 3 is 2.64 bits per heavy atom. The zero-order valence-electron chi connectivity index (χ0n) is 14.0. The van der Waals surface area contributed by atoms with E-state index in [0.29, 0.717) is 38.5 Å². The number of nitrogens with zero attached hydrogens (tertiary/aromatic N) is 1. The molecular formula is C19H17Cl2NO3. The third-order valence-electron chi connectivity index (χ3n) is 3.39. The summed E-state index contributed by atoms with van der Waals surface area (Å²) in [5, 5.41) is 1.10. The lowest BCUT2D eigenvalue weighted by molar-refractivity contribution is 0.230. The Labute approximate surface area is 156 Å². The van der Waals surface area contributed by atoms with Crippen molar-refractivity contribution in [2.75, 3.05) is 7.11 Å². The number of hydrogen-bond acceptors (Lipinski definition) is 4. The van der Waals surface area contributed by atoms with Gasteiger partial charge in [-0.15, -0.1) is 0 Å². The summed E-state index contributed by atoms with van der Waals surface area (Å²) in [6.07, 6.45) is 3.61. The van der Waals surface area contributed by atoms with E-state index in [4.69, 9.17) is 37.1 Å². The summed E-state index contributed by atoms with van der Waals surface area (Å²) in [4.78, 5) is 4.38. The van der Waals surface area contributed by atoms with Gasteiger partial charge in [-0.2, -0.15) is 0 Å². The van der Waals surface area contributed by atoms with Crippen LogP contribution in [0.1, 0.15) is 25.3 Å². The first-order valence-electron chi connectivity index (χ1n) is 7.74. The predicted octanol–water partition coefficient (Wildman–Crippen LogP) is 6.10. The monoisotopic (exact) mass is 377 g/mol. The number of aromatic nitrogens is 1. The lowest BCUT2D eigenvalue weighted by Crippen LogP contribution is -2.07. The van der Waals surface area contributed by atoms with Gasteiger partial charge in [-0.3, -0.25) is 0 Å². The zero-order chi connectivity index (χ0) is 18.0. The van der Waals surface area contributed by atoms with Crippen LogP contribution in [0.2, 0.25) is 10.0 Å². The van der Waals surface area contributed by atoms with Crippen LogP contribution in [0.3, 0.4) is 0 Å². The van der Waals surface area contributed by atoms with Gasteiger partial charge in [0, 0.05) is 11.1 Å². The third kappa shape index (κ3) is 4.09. The van der Waals surface area contributed by atoms with Crippen molar-refractivity contribution in [2.24, 2.45) is 0 Å². The minimum atomic E-state index is -0.000588. The fourth-order valence-electron chi connectivity index (χ4n) is 2.34. The van der Waals surface area contributed by atoms with Crippen molar-refractivity contribution in [3.8, 4) is 11.5 Å². The number of rotatable bonds is 5. The quantitative estimate of drug-likeness (QED) is 0.538. The van der Waals surface area contributed by atoms with Gasteiger partial charge in [0.05, 0.1) is 18.2 Å². The molecular weight excluding hydrogens is 361 g/mol. The molecule has 0 atom stereocenters. The molecule has 0 unspecified atom stereocenters. The van der Waals surface area contributed by atoms with Gasteiger partial charge < -0.3 is 13.9 Å². The van der Waals surface area contributed by atoms with Crippen LogP contribution < -0.4 is 9.47 Å². The van der Waals surface area contributed by atoms with Gasteiger partial charge in [0.1, 0.15) is 5.52 Å². The Hall–Kier alpha value is -2.17. The van der Waals surface area contributed by atoms with E-state index >= 15 is 0 Å². The van der Waals surface area contributed by atoms with E-state index in [0.717, 1.165) is 5.56 Å². The van der Waals surface area contributed by atoms with E-state index in [1.165, 1.54) is 0 Å². The highest BCUT2D eigenvalue weighted by Crippen LogP contribution is 2.37. The smallest absolute Gasteiger partial charge is 0.220 e. The molecule has 0 saturated carbocycles. The number of hydrogen-bond donors (Lipinski definition) is 0. The molecule has 0 radical (unpaired) electrons. The second-order valence-corrected chi connectivity index (χ2v) is 6.54. The van der Waals surface area contributed by atoms with Crippen molar-refractivity contribution < 1.29 is 13.9 Å².